The molecule has 0 fully saturated rings. The van der Waals surface area contributed by atoms with Crippen molar-refractivity contribution in [3.63, 3.8) is 0 Å². The molecule has 0 radical (unpaired) electrons. The van der Waals surface area contributed by atoms with Crippen LogP contribution in [0.2, 0.25) is 0 Å². The molecule has 84 valence electrons. The van der Waals surface area contributed by atoms with E-state index < -0.39 is 0 Å². The summed E-state index contributed by atoms with van der Waals surface area (Å²) in [6, 6.07) is 0. The number of rotatable bonds is 8. The molecule has 0 spiro atoms. The Morgan fingerprint density at radius 1 is 1.29 bits per heavy atom. The quantitative estimate of drug-likeness (QED) is 0.584. The molecule has 1 atom stereocenters. The van der Waals surface area contributed by atoms with Crippen LogP contribution in [0, 0.1) is 5.92 Å². The summed E-state index contributed by atoms with van der Waals surface area (Å²) in [5.74, 6) is 0.319. The van der Waals surface area contributed by atoms with Crippen molar-refractivity contribution in [2.75, 3.05) is 20.1 Å². The second-order valence-electron chi connectivity index (χ2n) is 3.66. The SMILES string of the molecule is CCCCCNC(=O)C(CC)CNC. The molecule has 0 saturated heterocycles. The number of carbonyl (C=O) groups is 1. The molecule has 0 aliphatic rings. The van der Waals surface area contributed by atoms with E-state index in [1.807, 2.05) is 14.0 Å². The van der Waals surface area contributed by atoms with Crippen LogP contribution in [0.3, 0.4) is 0 Å². The highest BCUT2D eigenvalue weighted by molar-refractivity contribution is 5.78. The fraction of sp³-hybridized carbons (Fsp3) is 0.909. The number of amides is 1. The fourth-order valence-electron chi connectivity index (χ4n) is 1.40. The highest BCUT2D eigenvalue weighted by Gasteiger charge is 2.13. The van der Waals surface area contributed by atoms with Gasteiger partial charge < -0.3 is 10.6 Å². The molecule has 14 heavy (non-hydrogen) atoms. The van der Waals surface area contributed by atoms with Crippen molar-refractivity contribution in [2.45, 2.75) is 39.5 Å². The summed E-state index contributed by atoms with van der Waals surface area (Å²) in [5.41, 5.74) is 0. The molecule has 0 heterocycles. The fourth-order valence-corrected chi connectivity index (χ4v) is 1.40. The number of carbonyl (C=O) groups excluding carboxylic acids is 1. The molecule has 0 aromatic heterocycles. The third-order valence-electron chi connectivity index (χ3n) is 2.39. The lowest BCUT2D eigenvalue weighted by molar-refractivity contribution is -0.124. The van der Waals surface area contributed by atoms with E-state index in [2.05, 4.69) is 17.6 Å². The summed E-state index contributed by atoms with van der Waals surface area (Å²) in [6.07, 6.45) is 4.39. The third-order valence-corrected chi connectivity index (χ3v) is 2.39. The maximum Gasteiger partial charge on any atom is 0.224 e. The lowest BCUT2D eigenvalue weighted by Crippen LogP contribution is -2.36. The zero-order valence-corrected chi connectivity index (χ0v) is 9.73. The van der Waals surface area contributed by atoms with Gasteiger partial charge >= 0.3 is 0 Å². The van der Waals surface area contributed by atoms with Gasteiger partial charge in [-0.05, 0) is 19.9 Å². The first kappa shape index (κ1) is 13.4. The first-order valence-corrected chi connectivity index (χ1v) is 5.68. The molecule has 0 aromatic rings. The van der Waals surface area contributed by atoms with Gasteiger partial charge in [0.25, 0.3) is 0 Å². The summed E-state index contributed by atoms with van der Waals surface area (Å²) in [4.78, 5) is 11.6. The molecule has 3 nitrogen and oxygen atoms in total. The average Bonchev–Trinajstić information content (AvgIpc) is 2.20. The van der Waals surface area contributed by atoms with Gasteiger partial charge in [0.1, 0.15) is 0 Å². The Labute approximate surface area is 87.6 Å². The molecule has 0 bridgehead atoms. The highest BCUT2D eigenvalue weighted by atomic mass is 16.1. The van der Waals surface area contributed by atoms with Crippen LogP contribution in [-0.2, 0) is 4.79 Å². The van der Waals surface area contributed by atoms with Crippen molar-refractivity contribution < 1.29 is 4.79 Å². The topological polar surface area (TPSA) is 41.1 Å². The van der Waals surface area contributed by atoms with Gasteiger partial charge in [-0.3, -0.25) is 4.79 Å². The van der Waals surface area contributed by atoms with Crippen LogP contribution in [0.15, 0.2) is 0 Å². The lowest BCUT2D eigenvalue weighted by Gasteiger charge is -2.14. The van der Waals surface area contributed by atoms with Gasteiger partial charge in [-0.2, -0.15) is 0 Å². The molecule has 0 rings (SSSR count). The number of hydrogen-bond donors (Lipinski definition) is 2. The van der Waals surface area contributed by atoms with Crippen LogP contribution in [0.25, 0.3) is 0 Å². The number of nitrogens with one attached hydrogen (secondary N) is 2. The highest BCUT2D eigenvalue weighted by Crippen LogP contribution is 2.01. The molecule has 0 aliphatic carbocycles. The molecule has 0 saturated carbocycles. The zero-order valence-electron chi connectivity index (χ0n) is 9.73. The van der Waals surface area contributed by atoms with E-state index in [9.17, 15) is 4.79 Å². The summed E-state index contributed by atoms with van der Waals surface area (Å²) >= 11 is 0. The van der Waals surface area contributed by atoms with Gasteiger partial charge in [0, 0.05) is 13.1 Å². The summed E-state index contributed by atoms with van der Waals surface area (Å²) in [6.45, 7) is 5.81. The van der Waals surface area contributed by atoms with Crippen molar-refractivity contribution in [3.05, 3.63) is 0 Å². The van der Waals surface area contributed by atoms with E-state index >= 15 is 0 Å². The predicted molar refractivity (Wildman–Crippen MR) is 60.2 cm³/mol. The average molecular weight is 200 g/mol. The Kier molecular flexibility index (Phi) is 8.64. The second kappa shape index (κ2) is 9.00. The van der Waals surface area contributed by atoms with E-state index in [0.717, 1.165) is 25.9 Å². The van der Waals surface area contributed by atoms with Crippen molar-refractivity contribution >= 4 is 5.91 Å². The van der Waals surface area contributed by atoms with Crippen LogP contribution >= 0.6 is 0 Å². The minimum Gasteiger partial charge on any atom is -0.356 e. The van der Waals surface area contributed by atoms with Crippen LogP contribution in [-0.4, -0.2) is 26.0 Å². The minimum absolute atomic E-state index is 0.127. The van der Waals surface area contributed by atoms with Crippen molar-refractivity contribution in [1.82, 2.24) is 10.6 Å². The van der Waals surface area contributed by atoms with Crippen LogP contribution in [0.1, 0.15) is 39.5 Å². The first-order valence-electron chi connectivity index (χ1n) is 5.68. The molecule has 0 aliphatic heterocycles. The van der Waals surface area contributed by atoms with E-state index in [1.165, 1.54) is 12.8 Å². The number of unbranched alkanes of at least 4 members (excludes halogenated alkanes) is 2. The van der Waals surface area contributed by atoms with E-state index in [-0.39, 0.29) is 11.8 Å². The van der Waals surface area contributed by atoms with E-state index in [4.69, 9.17) is 0 Å². The maximum absolute atomic E-state index is 11.6. The molecule has 1 amide bonds. The first-order chi connectivity index (χ1) is 6.76. The minimum atomic E-state index is 0.127. The van der Waals surface area contributed by atoms with Gasteiger partial charge in [-0.1, -0.05) is 26.7 Å². The van der Waals surface area contributed by atoms with E-state index in [1.54, 1.807) is 0 Å². The van der Waals surface area contributed by atoms with Gasteiger partial charge in [0.15, 0.2) is 0 Å². The number of hydrogen-bond acceptors (Lipinski definition) is 2. The molecule has 0 aromatic carbocycles. The van der Waals surface area contributed by atoms with Crippen LogP contribution in [0.4, 0.5) is 0 Å². The third kappa shape index (κ3) is 5.97. The van der Waals surface area contributed by atoms with Gasteiger partial charge in [-0.15, -0.1) is 0 Å². The zero-order chi connectivity index (χ0) is 10.8. The largest absolute Gasteiger partial charge is 0.356 e. The standard InChI is InChI=1S/C11H24N2O/c1-4-6-7-8-13-11(14)10(5-2)9-12-3/h10,12H,4-9H2,1-3H3,(H,13,14). The monoisotopic (exact) mass is 200 g/mol. The van der Waals surface area contributed by atoms with Gasteiger partial charge in [0.05, 0.1) is 5.92 Å². The molecule has 3 heteroatoms. The maximum atomic E-state index is 11.6. The normalized spacial score (nSPS) is 12.5. The van der Waals surface area contributed by atoms with E-state index in [0.29, 0.717) is 0 Å². The summed E-state index contributed by atoms with van der Waals surface area (Å²) in [5, 5.41) is 6.01. The predicted octanol–water partition coefficient (Wildman–Crippen LogP) is 1.54. The summed E-state index contributed by atoms with van der Waals surface area (Å²) in [7, 11) is 1.88. The molecular formula is C11H24N2O. The molecular weight excluding hydrogens is 176 g/mol. The van der Waals surface area contributed by atoms with Gasteiger partial charge in [0.2, 0.25) is 5.91 Å². The summed E-state index contributed by atoms with van der Waals surface area (Å²) < 4.78 is 0. The van der Waals surface area contributed by atoms with Crippen molar-refractivity contribution in [2.24, 2.45) is 5.92 Å². The molecule has 1 unspecified atom stereocenters. The Bertz CT molecular complexity index is 148. The second-order valence-corrected chi connectivity index (χ2v) is 3.66. The Morgan fingerprint density at radius 2 is 2.00 bits per heavy atom. The van der Waals surface area contributed by atoms with Crippen LogP contribution < -0.4 is 10.6 Å². The van der Waals surface area contributed by atoms with Crippen LogP contribution in [0.5, 0.6) is 0 Å². The Hall–Kier alpha value is -0.570. The van der Waals surface area contributed by atoms with Crippen molar-refractivity contribution in [1.29, 1.82) is 0 Å². The lowest BCUT2D eigenvalue weighted by atomic mass is 10.1. The Morgan fingerprint density at radius 3 is 2.50 bits per heavy atom. The Balaban J connectivity index is 3.58. The molecule has 2 N–H and O–H groups in total. The smallest absolute Gasteiger partial charge is 0.224 e. The van der Waals surface area contributed by atoms with Crippen molar-refractivity contribution in [3.8, 4) is 0 Å². The van der Waals surface area contributed by atoms with Gasteiger partial charge in [-0.25, -0.2) is 0 Å².